The summed E-state index contributed by atoms with van der Waals surface area (Å²) in [6.45, 7) is 0.154. The highest BCUT2D eigenvalue weighted by molar-refractivity contribution is 7.90. The maximum absolute atomic E-state index is 13.3. The minimum absolute atomic E-state index is 0.146. The number of rotatable bonds is 4. The predicted octanol–water partition coefficient (Wildman–Crippen LogP) is 3.32. The van der Waals surface area contributed by atoms with Crippen LogP contribution in [0.1, 0.15) is 11.3 Å². The van der Waals surface area contributed by atoms with Crippen LogP contribution >= 0.6 is 0 Å². The molecule has 4 rings (SSSR count). The van der Waals surface area contributed by atoms with E-state index in [0.717, 1.165) is 22.6 Å². The molecule has 0 N–H and O–H groups in total. The van der Waals surface area contributed by atoms with Crippen molar-refractivity contribution in [1.29, 1.82) is 0 Å². The van der Waals surface area contributed by atoms with Crippen LogP contribution in [-0.4, -0.2) is 34.2 Å². The molecule has 164 valence electrons. The van der Waals surface area contributed by atoms with Crippen LogP contribution in [0.3, 0.4) is 0 Å². The number of sulfone groups is 1. The Balaban J connectivity index is 1.79. The summed E-state index contributed by atoms with van der Waals surface area (Å²) in [6.07, 6.45) is 0.547. The van der Waals surface area contributed by atoms with Crippen molar-refractivity contribution in [2.45, 2.75) is 17.9 Å². The summed E-state index contributed by atoms with van der Waals surface area (Å²) in [4.78, 5) is 23.3. The molecule has 3 aromatic heterocycles. The Kier molecular flexibility index (Phi) is 5.29. The molecule has 0 amide bonds. The van der Waals surface area contributed by atoms with Crippen LogP contribution < -0.4 is 5.56 Å². The highest BCUT2D eigenvalue weighted by atomic mass is 32.2. The zero-order valence-electron chi connectivity index (χ0n) is 16.5. The van der Waals surface area contributed by atoms with Gasteiger partial charge in [-0.15, -0.1) is 0 Å². The van der Waals surface area contributed by atoms with E-state index in [1.165, 1.54) is 22.9 Å². The summed E-state index contributed by atoms with van der Waals surface area (Å²) in [5.74, 6) is 0. The molecule has 0 aliphatic heterocycles. The zero-order valence-corrected chi connectivity index (χ0v) is 17.4. The molecule has 0 aliphatic carbocycles. The standard InChI is InChI=1S/C21H15F3N4O3S/c1-32(30,31)20-26-17(9-18(27-20)21(22,23)24)16-4-5-19(29)28(12-16)11-13-2-3-15-10-25-7-6-14(15)8-13/h2-10,12H,11H2,1H3. The number of aromatic nitrogens is 4. The second kappa shape index (κ2) is 7.83. The van der Waals surface area contributed by atoms with E-state index in [-0.39, 0.29) is 23.4 Å². The second-order valence-corrected chi connectivity index (χ2v) is 9.04. The highest BCUT2D eigenvalue weighted by Crippen LogP contribution is 2.31. The number of hydrogen-bond acceptors (Lipinski definition) is 6. The number of fused-ring (bicyclic) bond motifs is 1. The third kappa shape index (κ3) is 4.52. The first-order valence-electron chi connectivity index (χ1n) is 9.20. The molecule has 11 heteroatoms. The van der Waals surface area contributed by atoms with E-state index in [9.17, 15) is 26.4 Å². The predicted molar refractivity (Wildman–Crippen MR) is 111 cm³/mol. The number of benzene rings is 1. The highest BCUT2D eigenvalue weighted by Gasteiger charge is 2.35. The molecule has 0 bridgehead atoms. The van der Waals surface area contributed by atoms with Crippen LogP contribution in [-0.2, 0) is 22.6 Å². The summed E-state index contributed by atoms with van der Waals surface area (Å²) in [5.41, 5.74) is -1.09. The van der Waals surface area contributed by atoms with E-state index in [1.54, 1.807) is 12.4 Å². The van der Waals surface area contributed by atoms with E-state index in [0.29, 0.717) is 6.07 Å². The summed E-state index contributed by atoms with van der Waals surface area (Å²) in [5, 5.41) is 0.902. The third-order valence-electron chi connectivity index (χ3n) is 4.66. The molecule has 32 heavy (non-hydrogen) atoms. The molecule has 3 heterocycles. The van der Waals surface area contributed by atoms with Crippen molar-refractivity contribution in [3.05, 3.63) is 82.7 Å². The normalized spacial score (nSPS) is 12.2. The van der Waals surface area contributed by atoms with Crippen molar-refractivity contribution in [2.75, 3.05) is 6.26 Å². The second-order valence-electron chi connectivity index (χ2n) is 7.13. The maximum Gasteiger partial charge on any atom is 0.433 e. The SMILES string of the molecule is CS(=O)(=O)c1nc(-c2ccc(=O)n(Cc3ccc4cnccc4c3)c2)cc(C(F)(F)F)n1. The van der Waals surface area contributed by atoms with Gasteiger partial charge in [-0.2, -0.15) is 13.2 Å². The molecule has 0 aliphatic rings. The Hall–Kier alpha value is -3.60. The lowest BCUT2D eigenvalue weighted by molar-refractivity contribution is -0.141. The van der Waals surface area contributed by atoms with Gasteiger partial charge in [0.1, 0.15) is 5.69 Å². The fraction of sp³-hybridized carbons (Fsp3) is 0.143. The number of alkyl halides is 3. The van der Waals surface area contributed by atoms with Crippen LogP contribution in [0, 0.1) is 0 Å². The van der Waals surface area contributed by atoms with Crippen LogP contribution in [0.5, 0.6) is 0 Å². The van der Waals surface area contributed by atoms with Crippen LogP contribution in [0.2, 0.25) is 0 Å². The van der Waals surface area contributed by atoms with E-state index < -0.39 is 26.9 Å². The molecule has 4 aromatic rings. The molecule has 0 atom stereocenters. The van der Waals surface area contributed by atoms with Gasteiger partial charge in [-0.3, -0.25) is 9.78 Å². The molecule has 1 aromatic carbocycles. The van der Waals surface area contributed by atoms with Crippen LogP contribution in [0.15, 0.2) is 71.0 Å². The lowest BCUT2D eigenvalue weighted by atomic mass is 10.1. The van der Waals surface area contributed by atoms with Gasteiger partial charge in [-0.25, -0.2) is 18.4 Å². The maximum atomic E-state index is 13.3. The smallest absolute Gasteiger partial charge is 0.310 e. The van der Waals surface area contributed by atoms with Gasteiger partial charge in [0.15, 0.2) is 0 Å². The first kappa shape index (κ1) is 21.6. The average Bonchev–Trinajstić information content (AvgIpc) is 2.73. The van der Waals surface area contributed by atoms with Gasteiger partial charge in [0.25, 0.3) is 5.56 Å². The van der Waals surface area contributed by atoms with Gasteiger partial charge in [0, 0.05) is 41.9 Å². The molecule has 0 saturated heterocycles. The molecule has 0 radical (unpaired) electrons. The van der Waals surface area contributed by atoms with Crippen molar-refractivity contribution >= 4 is 20.6 Å². The zero-order chi connectivity index (χ0) is 23.1. The quantitative estimate of drug-likeness (QED) is 0.434. The first-order valence-corrected chi connectivity index (χ1v) is 11.1. The molecule has 0 fully saturated rings. The van der Waals surface area contributed by atoms with E-state index in [4.69, 9.17) is 0 Å². The number of nitrogens with zero attached hydrogens (tertiary/aromatic N) is 4. The van der Waals surface area contributed by atoms with Gasteiger partial charge in [-0.05, 0) is 35.2 Å². The Labute approximate surface area is 180 Å². The molecule has 7 nitrogen and oxygen atoms in total. The number of pyridine rings is 2. The first-order chi connectivity index (χ1) is 15.0. The lowest BCUT2D eigenvalue weighted by Crippen LogP contribution is -2.19. The van der Waals surface area contributed by atoms with E-state index in [2.05, 4.69) is 15.0 Å². The number of hydrogen-bond donors (Lipinski definition) is 0. The van der Waals surface area contributed by atoms with Crippen molar-refractivity contribution < 1.29 is 21.6 Å². The summed E-state index contributed by atoms with van der Waals surface area (Å²) >= 11 is 0. The molecular weight excluding hydrogens is 445 g/mol. The number of halogens is 3. The van der Waals surface area contributed by atoms with Gasteiger partial charge in [0.2, 0.25) is 15.0 Å². The van der Waals surface area contributed by atoms with Crippen LogP contribution in [0.4, 0.5) is 13.2 Å². The van der Waals surface area contributed by atoms with Crippen molar-refractivity contribution in [1.82, 2.24) is 19.5 Å². The minimum Gasteiger partial charge on any atom is -0.310 e. The molecular formula is C21H15F3N4O3S. The van der Waals surface area contributed by atoms with E-state index >= 15 is 0 Å². The largest absolute Gasteiger partial charge is 0.433 e. The minimum atomic E-state index is -4.87. The van der Waals surface area contributed by atoms with Gasteiger partial charge in [0.05, 0.1) is 12.2 Å². The average molecular weight is 460 g/mol. The summed E-state index contributed by atoms with van der Waals surface area (Å²) in [7, 11) is -4.10. The van der Waals surface area contributed by atoms with Gasteiger partial charge >= 0.3 is 6.18 Å². The third-order valence-corrected chi connectivity index (χ3v) is 5.51. The molecule has 0 saturated carbocycles. The van der Waals surface area contributed by atoms with Crippen LogP contribution in [0.25, 0.3) is 22.0 Å². The Morgan fingerprint density at radius 3 is 2.50 bits per heavy atom. The van der Waals surface area contributed by atoms with Gasteiger partial charge in [-0.1, -0.05) is 12.1 Å². The summed E-state index contributed by atoms with van der Waals surface area (Å²) < 4.78 is 64.7. The van der Waals surface area contributed by atoms with Crippen molar-refractivity contribution in [2.24, 2.45) is 0 Å². The molecule has 0 spiro atoms. The lowest BCUT2D eigenvalue weighted by Gasteiger charge is -2.12. The van der Waals surface area contributed by atoms with Gasteiger partial charge < -0.3 is 4.57 Å². The monoisotopic (exact) mass is 460 g/mol. The topological polar surface area (TPSA) is 94.8 Å². The Bertz CT molecular complexity index is 1500. The Morgan fingerprint density at radius 1 is 1.00 bits per heavy atom. The van der Waals surface area contributed by atoms with Crippen molar-refractivity contribution in [3.8, 4) is 11.3 Å². The Morgan fingerprint density at radius 2 is 1.78 bits per heavy atom. The van der Waals surface area contributed by atoms with E-state index in [1.807, 2.05) is 24.3 Å². The fourth-order valence-electron chi connectivity index (χ4n) is 3.12. The molecule has 0 unspecified atom stereocenters. The van der Waals surface area contributed by atoms with Crippen molar-refractivity contribution in [3.63, 3.8) is 0 Å². The summed E-state index contributed by atoms with van der Waals surface area (Å²) in [6, 6.07) is 10.5. The fourth-order valence-corrected chi connectivity index (χ4v) is 3.65.